The number of carboxylic acids is 1. The number of fused-ring (bicyclic) bond motifs is 1. The number of aliphatic carboxylic acids is 1. The number of rotatable bonds is 13. The Morgan fingerprint density at radius 3 is 2.68 bits per heavy atom. The standard InChI is InChI=1S/C25H33NO7S/c1-25(2)15-20(18-34(29,30)26-12-6-7-13-31-17-24(27)28)22-14-21(10-11-23(22)33-25)32-16-19-8-4-3-5-9-19/h3-5,8-11,14,20,26H,6-7,12-13,15-18H2,1-2H3,(H,27,28). The highest BCUT2D eigenvalue weighted by Gasteiger charge is 2.36. The minimum atomic E-state index is -3.53. The van der Waals surface area contributed by atoms with E-state index < -0.39 is 21.6 Å². The molecule has 8 nitrogen and oxygen atoms in total. The van der Waals surface area contributed by atoms with Crippen LogP contribution in [-0.2, 0) is 26.2 Å². The van der Waals surface area contributed by atoms with Crippen molar-refractivity contribution >= 4 is 16.0 Å². The topological polar surface area (TPSA) is 111 Å². The lowest BCUT2D eigenvalue weighted by molar-refractivity contribution is -0.142. The van der Waals surface area contributed by atoms with Crippen LogP contribution in [0.15, 0.2) is 48.5 Å². The van der Waals surface area contributed by atoms with E-state index in [1.54, 1.807) is 0 Å². The molecule has 1 aliphatic heterocycles. The summed E-state index contributed by atoms with van der Waals surface area (Å²) in [6.45, 7) is 4.55. The molecule has 0 aliphatic carbocycles. The molecule has 0 spiro atoms. The molecule has 2 N–H and O–H groups in total. The van der Waals surface area contributed by atoms with Crippen molar-refractivity contribution in [2.24, 2.45) is 0 Å². The zero-order valence-electron chi connectivity index (χ0n) is 19.7. The van der Waals surface area contributed by atoms with Crippen LogP contribution in [0, 0.1) is 0 Å². The quantitative estimate of drug-likeness (QED) is 0.411. The first-order valence-corrected chi connectivity index (χ1v) is 13.1. The Morgan fingerprint density at radius 2 is 1.94 bits per heavy atom. The van der Waals surface area contributed by atoms with Gasteiger partial charge in [-0.2, -0.15) is 0 Å². The zero-order valence-corrected chi connectivity index (χ0v) is 20.5. The molecule has 0 bridgehead atoms. The summed E-state index contributed by atoms with van der Waals surface area (Å²) in [5.74, 6) is 0.0379. The highest BCUT2D eigenvalue weighted by atomic mass is 32.2. The van der Waals surface area contributed by atoms with Gasteiger partial charge < -0.3 is 19.3 Å². The number of carbonyl (C=O) groups is 1. The van der Waals surface area contributed by atoms with Gasteiger partial charge in [0.05, 0.1) is 5.75 Å². The van der Waals surface area contributed by atoms with Gasteiger partial charge in [-0.05, 0) is 56.9 Å². The van der Waals surface area contributed by atoms with Gasteiger partial charge >= 0.3 is 5.97 Å². The van der Waals surface area contributed by atoms with Crippen LogP contribution in [0.3, 0.4) is 0 Å². The molecule has 34 heavy (non-hydrogen) atoms. The third-order valence-electron chi connectivity index (χ3n) is 5.48. The third-order valence-corrected chi connectivity index (χ3v) is 6.96. The van der Waals surface area contributed by atoms with Crippen molar-refractivity contribution in [1.29, 1.82) is 0 Å². The molecule has 1 aliphatic rings. The van der Waals surface area contributed by atoms with Crippen molar-refractivity contribution < 1.29 is 32.5 Å². The molecule has 2 aromatic carbocycles. The first-order valence-electron chi connectivity index (χ1n) is 11.4. The molecule has 186 valence electrons. The lowest BCUT2D eigenvalue weighted by atomic mass is 9.85. The molecule has 0 saturated heterocycles. The third kappa shape index (κ3) is 8.30. The fourth-order valence-corrected chi connectivity index (χ4v) is 5.40. The van der Waals surface area contributed by atoms with E-state index in [1.165, 1.54) is 0 Å². The van der Waals surface area contributed by atoms with Crippen molar-refractivity contribution in [2.45, 2.75) is 51.2 Å². The van der Waals surface area contributed by atoms with Gasteiger partial charge in [0.1, 0.15) is 30.3 Å². The van der Waals surface area contributed by atoms with E-state index in [1.807, 2.05) is 62.4 Å². The smallest absolute Gasteiger partial charge is 0.329 e. The number of hydrogen-bond acceptors (Lipinski definition) is 6. The molecular weight excluding hydrogens is 458 g/mol. The van der Waals surface area contributed by atoms with E-state index in [0.29, 0.717) is 37.4 Å². The summed E-state index contributed by atoms with van der Waals surface area (Å²) in [6.07, 6.45) is 1.70. The number of sulfonamides is 1. The normalized spacial score (nSPS) is 16.9. The second kappa shape index (κ2) is 11.7. The van der Waals surface area contributed by atoms with Gasteiger partial charge in [0.25, 0.3) is 0 Å². The Hall–Kier alpha value is -2.62. The molecule has 1 atom stereocenters. The number of benzene rings is 2. The maximum Gasteiger partial charge on any atom is 0.329 e. The van der Waals surface area contributed by atoms with E-state index in [0.717, 1.165) is 11.1 Å². The van der Waals surface area contributed by atoms with Gasteiger partial charge in [-0.3, -0.25) is 0 Å². The zero-order chi connectivity index (χ0) is 24.6. The van der Waals surface area contributed by atoms with Crippen LogP contribution in [0.1, 0.15) is 50.2 Å². The lowest BCUT2D eigenvalue weighted by Gasteiger charge is -2.37. The summed E-state index contributed by atoms with van der Waals surface area (Å²) in [4.78, 5) is 10.4. The largest absolute Gasteiger partial charge is 0.489 e. The fourth-order valence-electron chi connectivity index (χ4n) is 4.00. The molecule has 2 aromatic rings. The van der Waals surface area contributed by atoms with Crippen molar-refractivity contribution in [3.05, 3.63) is 59.7 Å². The van der Waals surface area contributed by atoms with Crippen molar-refractivity contribution in [3.8, 4) is 11.5 Å². The van der Waals surface area contributed by atoms with Crippen LogP contribution in [0.5, 0.6) is 11.5 Å². The van der Waals surface area contributed by atoms with E-state index in [2.05, 4.69) is 4.72 Å². The number of nitrogens with one attached hydrogen (secondary N) is 1. The maximum atomic E-state index is 12.8. The average Bonchev–Trinajstić information content (AvgIpc) is 2.77. The fraction of sp³-hybridized carbons (Fsp3) is 0.480. The molecule has 0 amide bonds. The summed E-state index contributed by atoms with van der Waals surface area (Å²) in [5.41, 5.74) is 1.40. The molecule has 3 rings (SSSR count). The van der Waals surface area contributed by atoms with Gasteiger partial charge in [0, 0.05) is 24.6 Å². The van der Waals surface area contributed by atoms with Crippen LogP contribution in [0.4, 0.5) is 0 Å². The molecule has 0 saturated carbocycles. The van der Waals surface area contributed by atoms with E-state index >= 15 is 0 Å². The van der Waals surface area contributed by atoms with Crippen LogP contribution in [0.2, 0.25) is 0 Å². The van der Waals surface area contributed by atoms with Gasteiger partial charge in [-0.15, -0.1) is 0 Å². The van der Waals surface area contributed by atoms with Crippen molar-refractivity contribution in [2.75, 3.05) is 25.5 Å². The molecule has 9 heteroatoms. The van der Waals surface area contributed by atoms with Gasteiger partial charge in [0.2, 0.25) is 10.0 Å². The highest BCUT2D eigenvalue weighted by Crippen LogP contribution is 2.43. The molecule has 0 fully saturated rings. The van der Waals surface area contributed by atoms with E-state index in [4.69, 9.17) is 19.3 Å². The van der Waals surface area contributed by atoms with E-state index in [-0.39, 0.29) is 31.4 Å². The Labute approximate surface area is 201 Å². The monoisotopic (exact) mass is 491 g/mol. The summed E-state index contributed by atoms with van der Waals surface area (Å²) < 4.78 is 45.3. The van der Waals surface area contributed by atoms with Gasteiger partial charge in [-0.25, -0.2) is 17.9 Å². The SMILES string of the molecule is CC1(C)CC(CS(=O)(=O)NCCCCOCC(=O)O)c2cc(OCc3ccccc3)ccc2O1. The number of carboxylic acid groups (broad SMARTS) is 1. The summed E-state index contributed by atoms with van der Waals surface area (Å²) in [5, 5.41) is 8.55. The number of ether oxygens (including phenoxy) is 3. The number of hydrogen-bond donors (Lipinski definition) is 2. The van der Waals surface area contributed by atoms with Crippen LogP contribution >= 0.6 is 0 Å². The number of unbranched alkanes of at least 4 members (excludes halogenated alkanes) is 1. The minimum Gasteiger partial charge on any atom is -0.489 e. The summed E-state index contributed by atoms with van der Waals surface area (Å²) >= 11 is 0. The summed E-state index contributed by atoms with van der Waals surface area (Å²) in [7, 11) is -3.53. The molecule has 1 heterocycles. The van der Waals surface area contributed by atoms with Gasteiger partial charge in [0.15, 0.2) is 0 Å². The predicted octanol–water partition coefficient (Wildman–Crippen LogP) is 3.71. The molecule has 0 radical (unpaired) electrons. The first kappa shape index (κ1) is 26.0. The minimum absolute atomic E-state index is 0.0511. The van der Waals surface area contributed by atoms with Crippen LogP contribution in [-0.4, -0.2) is 50.6 Å². The average molecular weight is 492 g/mol. The van der Waals surface area contributed by atoms with Gasteiger partial charge in [-0.1, -0.05) is 30.3 Å². The molecule has 0 aromatic heterocycles. The van der Waals surface area contributed by atoms with Crippen LogP contribution < -0.4 is 14.2 Å². The Bertz CT molecular complexity index is 1050. The predicted molar refractivity (Wildman–Crippen MR) is 129 cm³/mol. The van der Waals surface area contributed by atoms with Crippen LogP contribution in [0.25, 0.3) is 0 Å². The Balaban J connectivity index is 1.60. The molecular formula is C25H33NO7S. The van der Waals surface area contributed by atoms with E-state index in [9.17, 15) is 13.2 Å². The Kier molecular flexibility index (Phi) is 8.93. The highest BCUT2D eigenvalue weighted by molar-refractivity contribution is 7.89. The second-order valence-electron chi connectivity index (χ2n) is 9.07. The van der Waals surface area contributed by atoms with Crippen molar-refractivity contribution in [3.63, 3.8) is 0 Å². The summed E-state index contributed by atoms with van der Waals surface area (Å²) in [6, 6.07) is 15.4. The molecule has 1 unspecified atom stereocenters. The maximum absolute atomic E-state index is 12.8. The first-order chi connectivity index (χ1) is 16.1. The second-order valence-corrected chi connectivity index (χ2v) is 10.9. The Morgan fingerprint density at radius 1 is 1.18 bits per heavy atom. The lowest BCUT2D eigenvalue weighted by Crippen LogP contribution is -2.39. The van der Waals surface area contributed by atoms with Crippen molar-refractivity contribution in [1.82, 2.24) is 4.72 Å².